The van der Waals surface area contributed by atoms with Crippen LogP contribution in [0.2, 0.25) is 0 Å². The van der Waals surface area contributed by atoms with Crippen molar-refractivity contribution in [2.24, 2.45) is 0 Å². The molecule has 0 aliphatic carbocycles. The normalized spacial score (nSPS) is 13.8. The summed E-state index contributed by atoms with van der Waals surface area (Å²) in [6.07, 6.45) is 2.24. The molecular weight excluding hydrogens is 448 g/mol. The molecule has 3 aromatic carbocycles. The minimum atomic E-state index is -3.25. The van der Waals surface area contributed by atoms with Gasteiger partial charge < -0.3 is 19.7 Å². The van der Waals surface area contributed by atoms with Crippen LogP contribution >= 0.6 is 0 Å². The second-order valence-corrected chi connectivity index (χ2v) is 10.7. The monoisotopic (exact) mass is 480 g/mol. The maximum absolute atomic E-state index is 12.4. The van der Waals surface area contributed by atoms with Gasteiger partial charge in [-0.1, -0.05) is 43.3 Å². The number of fused-ring (bicyclic) bond motifs is 1. The van der Waals surface area contributed by atoms with Gasteiger partial charge in [0, 0.05) is 6.26 Å². The maximum atomic E-state index is 12.4. The molecule has 0 radical (unpaired) electrons. The summed E-state index contributed by atoms with van der Waals surface area (Å²) in [7, 11) is -1.66. The third-order valence-electron chi connectivity index (χ3n) is 6.16. The molecule has 0 unspecified atom stereocenters. The molecule has 34 heavy (non-hydrogen) atoms. The van der Waals surface area contributed by atoms with Crippen molar-refractivity contribution >= 4 is 21.2 Å². The molecule has 0 aromatic heterocycles. The largest absolute Gasteiger partial charge is 0.493 e. The first-order chi connectivity index (χ1) is 16.3. The molecule has 180 valence electrons. The molecule has 1 aliphatic heterocycles. The highest BCUT2D eigenvalue weighted by molar-refractivity contribution is 7.90. The van der Waals surface area contributed by atoms with Crippen molar-refractivity contribution in [1.82, 2.24) is 0 Å². The van der Waals surface area contributed by atoms with E-state index in [0.29, 0.717) is 24.8 Å². The van der Waals surface area contributed by atoms with E-state index in [-0.39, 0.29) is 11.8 Å². The van der Waals surface area contributed by atoms with Crippen molar-refractivity contribution in [2.45, 2.75) is 26.3 Å². The summed E-state index contributed by atoms with van der Waals surface area (Å²) in [5.74, 6) is 1.23. The molecule has 1 aliphatic rings. The highest BCUT2D eigenvalue weighted by atomic mass is 32.2. The molecule has 3 aromatic rings. The summed E-state index contributed by atoms with van der Waals surface area (Å²) >= 11 is 0. The lowest BCUT2D eigenvalue weighted by molar-refractivity contribution is 0.310. The van der Waals surface area contributed by atoms with Gasteiger partial charge in [-0.25, -0.2) is 8.42 Å². The van der Waals surface area contributed by atoms with Crippen molar-refractivity contribution < 1.29 is 17.9 Å². The average molecular weight is 481 g/mol. The van der Waals surface area contributed by atoms with Gasteiger partial charge in [0.2, 0.25) is 0 Å². The Morgan fingerprint density at radius 3 is 2.53 bits per heavy atom. The Labute approximate surface area is 202 Å². The number of ether oxygens (including phenoxy) is 2. The van der Waals surface area contributed by atoms with Gasteiger partial charge in [-0.15, -0.1) is 0 Å². The van der Waals surface area contributed by atoms with Crippen LogP contribution < -0.4 is 19.7 Å². The van der Waals surface area contributed by atoms with Crippen LogP contribution in [0.3, 0.4) is 0 Å². The number of hydrogen-bond donors (Lipinski definition) is 1. The predicted molar refractivity (Wildman–Crippen MR) is 139 cm³/mol. The quantitative estimate of drug-likeness (QED) is 0.448. The van der Waals surface area contributed by atoms with E-state index in [0.717, 1.165) is 28.9 Å². The van der Waals surface area contributed by atoms with Gasteiger partial charge in [0.1, 0.15) is 9.84 Å². The van der Waals surface area contributed by atoms with E-state index in [1.807, 2.05) is 25.1 Å². The van der Waals surface area contributed by atoms with Crippen LogP contribution in [-0.2, 0) is 16.3 Å². The van der Waals surface area contributed by atoms with Crippen LogP contribution in [-0.4, -0.2) is 40.8 Å². The number of aryl methyl sites for hydroxylation is 1. The highest BCUT2D eigenvalue weighted by Gasteiger charge is 2.31. The summed E-state index contributed by atoms with van der Waals surface area (Å²) < 4.78 is 36.0. The van der Waals surface area contributed by atoms with Crippen LogP contribution in [0, 0.1) is 0 Å². The van der Waals surface area contributed by atoms with E-state index in [1.54, 1.807) is 7.11 Å². The van der Waals surface area contributed by atoms with Gasteiger partial charge in [0.25, 0.3) is 0 Å². The Morgan fingerprint density at radius 2 is 1.82 bits per heavy atom. The molecule has 1 N–H and O–H groups in total. The van der Waals surface area contributed by atoms with Crippen molar-refractivity contribution in [3.05, 3.63) is 71.8 Å². The lowest BCUT2D eigenvalue weighted by Crippen LogP contribution is -2.33. The highest BCUT2D eigenvalue weighted by Crippen LogP contribution is 2.42. The third kappa shape index (κ3) is 4.99. The number of methoxy groups -OCH3 is 1. The average Bonchev–Trinajstić information content (AvgIpc) is 3.25. The number of rotatable bonds is 9. The molecule has 0 saturated heterocycles. The summed E-state index contributed by atoms with van der Waals surface area (Å²) in [4.78, 5) is 2.11. The van der Waals surface area contributed by atoms with E-state index < -0.39 is 9.84 Å². The zero-order valence-electron chi connectivity index (χ0n) is 20.2. The Balaban J connectivity index is 1.74. The van der Waals surface area contributed by atoms with Gasteiger partial charge in [-0.05, 0) is 59.9 Å². The Hall–Kier alpha value is -3.19. The first-order valence-corrected chi connectivity index (χ1v) is 13.6. The van der Waals surface area contributed by atoms with Crippen molar-refractivity contribution in [3.63, 3.8) is 0 Å². The summed E-state index contributed by atoms with van der Waals surface area (Å²) in [6.45, 7) is 5.08. The topological polar surface area (TPSA) is 67.9 Å². The third-order valence-corrected chi connectivity index (χ3v) is 7.09. The van der Waals surface area contributed by atoms with Gasteiger partial charge in [-0.3, -0.25) is 0 Å². The van der Waals surface area contributed by atoms with Crippen LogP contribution in [0.15, 0.2) is 60.7 Å². The lowest BCUT2D eigenvalue weighted by Gasteiger charge is -2.30. The summed E-state index contributed by atoms with van der Waals surface area (Å²) in [5.41, 5.74) is 6.52. The zero-order valence-corrected chi connectivity index (χ0v) is 21.0. The lowest BCUT2D eigenvalue weighted by atomic mass is 9.97. The Kier molecular flexibility index (Phi) is 7.03. The van der Waals surface area contributed by atoms with E-state index in [4.69, 9.17) is 9.47 Å². The molecule has 6 nitrogen and oxygen atoms in total. The first-order valence-electron chi connectivity index (χ1n) is 11.6. The second-order valence-electron chi connectivity index (χ2n) is 8.50. The van der Waals surface area contributed by atoms with Crippen LogP contribution in [0.1, 0.15) is 31.0 Å². The summed E-state index contributed by atoms with van der Waals surface area (Å²) in [6, 6.07) is 20.1. The number of sulfone groups is 1. The van der Waals surface area contributed by atoms with Crippen molar-refractivity contribution in [2.75, 3.05) is 42.6 Å². The SMILES string of the molecule is CCOc1cc([C@@H](CS(C)(=O)=O)N2CNc3cc(-c4ccccc4CC)ccc32)ccc1OC. The number of hydrogen-bond acceptors (Lipinski definition) is 6. The fourth-order valence-corrected chi connectivity index (χ4v) is 5.51. The van der Waals surface area contributed by atoms with Crippen LogP contribution in [0.5, 0.6) is 11.5 Å². The molecule has 0 bridgehead atoms. The van der Waals surface area contributed by atoms with E-state index in [1.165, 1.54) is 17.4 Å². The molecule has 0 spiro atoms. The van der Waals surface area contributed by atoms with Gasteiger partial charge in [-0.2, -0.15) is 0 Å². The molecule has 0 fully saturated rings. The fraction of sp³-hybridized carbons (Fsp3) is 0.333. The van der Waals surface area contributed by atoms with E-state index in [9.17, 15) is 8.42 Å². The number of nitrogens with one attached hydrogen (secondary N) is 1. The van der Waals surface area contributed by atoms with Crippen LogP contribution in [0.4, 0.5) is 11.4 Å². The van der Waals surface area contributed by atoms with Crippen molar-refractivity contribution in [1.29, 1.82) is 0 Å². The number of anilines is 2. The predicted octanol–water partition coefficient (Wildman–Crippen LogP) is 5.30. The fourth-order valence-electron chi connectivity index (χ4n) is 4.56. The first kappa shape index (κ1) is 24.0. The summed E-state index contributed by atoms with van der Waals surface area (Å²) in [5, 5.41) is 3.47. The van der Waals surface area contributed by atoms with Gasteiger partial charge in [0.05, 0.1) is 43.6 Å². The van der Waals surface area contributed by atoms with Crippen LogP contribution in [0.25, 0.3) is 11.1 Å². The van der Waals surface area contributed by atoms with E-state index >= 15 is 0 Å². The second kappa shape index (κ2) is 9.97. The molecular formula is C27H32N2O4S. The van der Waals surface area contributed by atoms with Gasteiger partial charge in [0.15, 0.2) is 11.5 Å². The molecule has 1 atom stereocenters. The minimum Gasteiger partial charge on any atom is -0.493 e. The maximum Gasteiger partial charge on any atom is 0.161 e. The smallest absolute Gasteiger partial charge is 0.161 e. The number of nitrogens with zero attached hydrogens (tertiary/aromatic N) is 1. The minimum absolute atomic E-state index is 0.00751. The Morgan fingerprint density at radius 1 is 1.03 bits per heavy atom. The Bertz CT molecular complexity index is 1270. The van der Waals surface area contributed by atoms with Crippen molar-refractivity contribution in [3.8, 4) is 22.6 Å². The number of benzene rings is 3. The zero-order chi connectivity index (χ0) is 24.3. The standard InChI is InChI=1S/C27H32N2O4S/c1-5-19-9-7-8-10-22(19)20-11-13-24-23(15-20)28-18-29(24)25(17-34(4,30)31)21-12-14-26(32-3)27(16-21)33-6-2/h7-16,25,28H,5-6,17-18H2,1-4H3/t25-/m1/s1. The molecule has 4 rings (SSSR count). The molecule has 1 heterocycles. The van der Waals surface area contributed by atoms with Gasteiger partial charge >= 0.3 is 0 Å². The molecule has 0 saturated carbocycles. The molecule has 0 amide bonds. The molecule has 7 heteroatoms. The van der Waals surface area contributed by atoms with E-state index in [2.05, 4.69) is 59.6 Å².